The van der Waals surface area contributed by atoms with Crippen LogP contribution in [0.4, 0.5) is 27.6 Å². The second-order valence-corrected chi connectivity index (χ2v) is 4.24. The minimum absolute atomic E-state index is 0.123. The largest absolute Gasteiger partial charge is 0.389 e. The summed E-state index contributed by atoms with van der Waals surface area (Å²) in [5.74, 6) is -2.43. The highest BCUT2D eigenvalue weighted by atomic mass is 32.1. The molecule has 19 heavy (non-hydrogen) atoms. The van der Waals surface area contributed by atoms with E-state index < -0.39 is 24.2 Å². The normalized spacial score (nSPS) is 11.4. The highest BCUT2D eigenvalue weighted by Gasteiger charge is 2.26. The summed E-state index contributed by atoms with van der Waals surface area (Å²) < 4.78 is 62.6. The molecule has 0 saturated heterocycles. The lowest BCUT2D eigenvalue weighted by Crippen LogP contribution is -2.15. The lowest BCUT2D eigenvalue weighted by atomic mass is 10.1. The highest BCUT2D eigenvalue weighted by molar-refractivity contribution is 7.80. The Labute approximate surface area is 111 Å². The average molecular weight is 298 g/mol. The smallest absolute Gasteiger partial charge is 0.389 e. The maximum absolute atomic E-state index is 13.5. The Morgan fingerprint density at radius 3 is 2.37 bits per heavy atom. The van der Waals surface area contributed by atoms with Crippen LogP contribution in [0.15, 0.2) is 12.1 Å². The monoisotopic (exact) mass is 298 g/mol. The molecule has 1 aromatic rings. The summed E-state index contributed by atoms with van der Waals surface area (Å²) in [6.07, 6.45) is -5.49. The van der Waals surface area contributed by atoms with Gasteiger partial charge in [0.05, 0.1) is 5.69 Å². The lowest BCUT2D eigenvalue weighted by molar-refractivity contribution is -0.134. The quantitative estimate of drug-likeness (QED) is 0.497. The van der Waals surface area contributed by atoms with Crippen molar-refractivity contribution in [1.29, 1.82) is 0 Å². The summed E-state index contributed by atoms with van der Waals surface area (Å²) >= 11 is 4.53. The Hall–Kier alpha value is -1.44. The zero-order valence-corrected chi connectivity index (χ0v) is 10.5. The molecule has 3 N–H and O–H groups in total. The molecule has 0 spiro atoms. The van der Waals surface area contributed by atoms with Crippen molar-refractivity contribution < 1.29 is 22.0 Å². The molecule has 0 aliphatic carbocycles. The number of hydrogen-bond acceptors (Lipinski definition) is 2. The lowest BCUT2D eigenvalue weighted by Gasteiger charge is -2.11. The van der Waals surface area contributed by atoms with Crippen LogP contribution in [0.1, 0.15) is 18.4 Å². The van der Waals surface area contributed by atoms with Gasteiger partial charge >= 0.3 is 6.18 Å². The maximum Gasteiger partial charge on any atom is 0.389 e. The molecule has 2 nitrogen and oxygen atoms in total. The fourth-order valence-electron chi connectivity index (χ4n) is 1.39. The molecule has 0 unspecified atom stereocenters. The Kier molecular flexibility index (Phi) is 5.04. The van der Waals surface area contributed by atoms with E-state index in [9.17, 15) is 22.0 Å². The minimum atomic E-state index is -4.26. The summed E-state index contributed by atoms with van der Waals surface area (Å²) in [7, 11) is 0. The number of hydrogen-bond donors (Lipinski definition) is 2. The molecule has 0 radical (unpaired) electrons. The van der Waals surface area contributed by atoms with Crippen LogP contribution in [0, 0.1) is 11.6 Å². The molecular weight excluding hydrogens is 287 g/mol. The number of alkyl halides is 3. The third kappa shape index (κ3) is 4.62. The zero-order valence-electron chi connectivity index (χ0n) is 9.65. The van der Waals surface area contributed by atoms with E-state index in [1.165, 1.54) is 12.1 Å². The molecule has 0 heterocycles. The van der Waals surface area contributed by atoms with E-state index in [1.807, 2.05) is 0 Å². The van der Waals surface area contributed by atoms with E-state index >= 15 is 0 Å². The van der Waals surface area contributed by atoms with Gasteiger partial charge in [0.15, 0.2) is 11.6 Å². The number of thiocarbonyl (C=S) groups is 1. The van der Waals surface area contributed by atoms with Crippen LogP contribution in [0.5, 0.6) is 0 Å². The Morgan fingerprint density at radius 1 is 1.21 bits per heavy atom. The number of nitrogens with one attached hydrogen (secondary N) is 1. The first-order valence-corrected chi connectivity index (χ1v) is 5.71. The predicted molar refractivity (Wildman–Crippen MR) is 66.0 cm³/mol. The SMILES string of the molecule is NC(=S)c1ccc(NCCCC(F)(F)F)c(F)c1F. The van der Waals surface area contributed by atoms with Gasteiger partial charge in [-0.25, -0.2) is 8.78 Å². The van der Waals surface area contributed by atoms with Crippen LogP contribution in [0.2, 0.25) is 0 Å². The summed E-state index contributed by atoms with van der Waals surface area (Å²) in [6, 6.07) is 2.35. The van der Waals surface area contributed by atoms with Crippen LogP contribution < -0.4 is 11.1 Å². The van der Waals surface area contributed by atoms with Crippen molar-refractivity contribution in [3.05, 3.63) is 29.3 Å². The van der Waals surface area contributed by atoms with Crippen molar-refractivity contribution in [1.82, 2.24) is 0 Å². The fourth-order valence-corrected chi connectivity index (χ4v) is 1.55. The first-order chi connectivity index (χ1) is 8.72. The summed E-state index contributed by atoms with van der Waals surface area (Å²) in [5.41, 5.74) is 4.72. The molecule has 0 aliphatic rings. The molecule has 8 heteroatoms. The Bertz CT molecular complexity index is 473. The fraction of sp³-hybridized carbons (Fsp3) is 0.364. The molecule has 0 bridgehead atoms. The van der Waals surface area contributed by atoms with Gasteiger partial charge in [0, 0.05) is 18.5 Å². The number of anilines is 1. The standard InChI is InChI=1S/C11H11F5N2S/c12-8-6(10(17)19)2-3-7(9(8)13)18-5-1-4-11(14,15)16/h2-3,18H,1,4-5H2,(H2,17,19). The van der Waals surface area contributed by atoms with Crippen molar-refractivity contribution in [2.75, 3.05) is 11.9 Å². The van der Waals surface area contributed by atoms with Crippen molar-refractivity contribution in [2.45, 2.75) is 19.0 Å². The van der Waals surface area contributed by atoms with Gasteiger partial charge in [-0.3, -0.25) is 0 Å². The van der Waals surface area contributed by atoms with Gasteiger partial charge in [0.2, 0.25) is 0 Å². The van der Waals surface area contributed by atoms with Gasteiger partial charge in [0.1, 0.15) is 4.99 Å². The third-order valence-corrected chi connectivity index (χ3v) is 2.52. The number of rotatable bonds is 5. The Morgan fingerprint density at radius 2 is 1.84 bits per heavy atom. The number of halogens is 5. The molecule has 0 aromatic heterocycles. The van der Waals surface area contributed by atoms with Gasteiger partial charge in [-0.15, -0.1) is 0 Å². The molecule has 0 amide bonds. The summed E-state index contributed by atoms with van der Waals surface area (Å²) in [6.45, 7) is -0.123. The van der Waals surface area contributed by atoms with Gasteiger partial charge < -0.3 is 11.1 Å². The molecule has 0 aliphatic heterocycles. The van der Waals surface area contributed by atoms with Crippen LogP contribution in [-0.2, 0) is 0 Å². The van der Waals surface area contributed by atoms with E-state index in [0.717, 1.165) is 0 Å². The molecule has 1 aromatic carbocycles. The third-order valence-electron chi connectivity index (χ3n) is 2.30. The van der Waals surface area contributed by atoms with Gasteiger partial charge in [-0.05, 0) is 18.6 Å². The first-order valence-electron chi connectivity index (χ1n) is 5.31. The molecule has 1 rings (SSSR count). The van der Waals surface area contributed by atoms with Gasteiger partial charge in [0.25, 0.3) is 0 Å². The molecule has 0 atom stereocenters. The van der Waals surface area contributed by atoms with E-state index in [1.54, 1.807) is 0 Å². The Balaban J connectivity index is 2.66. The van der Waals surface area contributed by atoms with Crippen LogP contribution >= 0.6 is 12.2 Å². The van der Waals surface area contributed by atoms with Gasteiger partial charge in [-0.2, -0.15) is 13.2 Å². The predicted octanol–water partition coefficient (Wildman–Crippen LogP) is 3.35. The minimum Gasteiger partial charge on any atom is -0.389 e. The van der Waals surface area contributed by atoms with Crippen LogP contribution in [0.25, 0.3) is 0 Å². The van der Waals surface area contributed by atoms with E-state index in [2.05, 4.69) is 17.5 Å². The highest BCUT2D eigenvalue weighted by Crippen LogP contribution is 2.23. The maximum atomic E-state index is 13.5. The average Bonchev–Trinajstić information content (AvgIpc) is 2.28. The summed E-state index contributed by atoms with van der Waals surface area (Å²) in [5, 5.41) is 2.39. The molecule has 0 fully saturated rings. The van der Waals surface area contributed by atoms with Crippen molar-refractivity contribution in [3.8, 4) is 0 Å². The molecular formula is C11H11F5N2S. The second kappa shape index (κ2) is 6.14. The van der Waals surface area contributed by atoms with E-state index in [-0.39, 0.29) is 29.2 Å². The van der Waals surface area contributed by atoms with E-state index in [4.69, 9.17) is 5.73 Å². The van der Waals surface area contributed by atoms with Crippen molar-refractivity contribution in [3.63, 3.8) is 0 Å². The van der Waals surface area contributed by atoms with Crippen molar-refractivity contribution in [2.24, 2.45) is 5.73 Å². The first kappa shape index (κ1) is 15.6. The summed E-state index contributed by atoms with van der Waals surface area (Å²) in [4.78, 5) is -0.292. The zero-order chi connectivity index (χ0) is 14.6. The molecule has 0 saturated carbocycles. The topological polar surface area (TPSA) is 38.0 Å². The van der Waals surface area contributed by atoms with Crippen molar-refractivity contribution >= 4 is 22.9 Å². The second-order valence-electron chi connectivity index (χ2n) is 3.80. The van der Waals surface area contributed by atoms with E-state index in [0.29, 0.717) is 0 Å². The van der Waals surface area contributed by atoms with Crippen LogP contribution in [0.3, 0.4) is 0 Å². The van der Waals surface area contributed by atoms with Crippen LogP contribution in [-0.4, -0.2) is 17.7 Å². The van der Waals surface area contributed by atoms with Gasteiger partial charge in [-0.1, -0.05) is 12.2 Å². The number of benzene rings is 1. The number of nitrogens with two attached hydrogens (primary N) is 1. The molecule has 106 valence electrons.